The summed E-state index contributed by atoms with van der Waals surface area (Å²) >= 11 is 0. The van der Waals surface area contributed by atoms with E-state index in [0.29, 0.717) is 6.07 Å². The maximum absolute atomic E-state index is 12.9. The van der Waals surface area contributed by atoms with E-state index >= 15 is 0 Å². The Morgan fingerprint density at radius 3 is 2.31 bits per heavy atom. The van der Waals surface area contributed by atoms with Gasteiger partial charge in [-0.3, -0.25) is 4.79 Å². The van der Waals surface area contributed by atoms with Crippen LogP contribution in [-0.4, -0.2) is 11.1 Å². The number of halogens is 2. The first kappa shape index (κ1) is 12.1. The molecule has 1 aromatic carbocycles. The van der Waals surface area contributed by atoms with E-state index in [1.165, 1.54) is 6.92 Å². The van der Waals surface area contributed by atoms with Crippen LogP contribution in [-0.2, 0) is 10.2 Å². The fraction of sp³-hybridized carbons (Fsp3) is 0.273. The smallest absolute Gasteiger partial charge is 0.314 e. The summed E-state index contributed by atoms with van der Waals surface area (Å²) < 4.78 is 25.9. The molecule has 0 aromatic heterocycles. The molecule has 0 saturated heterocycles. The number of carboxylic acids is 1. The minimum Gasteiger partial charge on any atom is -0.481 e. The number of hydrogen-bond donors (Lipinski definition) is 1. The molecule has 1 aromatic rings. The summed E-state index contributed by atoms with van der Waals surface area (Å²) in [6, 6.07) is 4.20. The van der Waals surface area contributed by atoms with Gasteiger partial charge in [-0.15, -0.1) is 0 Å². The lowest BCUT2D eigenvalue weighted by atomic mass is 9.80. The molecule has 5 heteroatoms. The maximum atomic E-state index is 12.9. The van der Waals surface area contributed by atoms with Crippen molar-refractivity contribution in [3.05, 3.63) is 35.4 Å². The number of aliphatic carboxylic acids is 1. The van der Waals surface area contributed by atoms with Gasteiger partial charge in [-0.05, 0) is 24.6 Å². The van der Waals surface area contributed by atoms with E-state index in [-0.39, 0.29) is 12.0 Å². The lowest BCUT2D eigenvalue weighted by Crippen LogP contribution is -2.32. The average molecular weight is 225 g/mol. The largest absolute Gasteiger partial charge is 0.481 e. The zero-order valence-electron chi connectivity index (χ0n) is 8.50. The molecule has 0 fully saturated rings. The molecular formula is C11H9F2NO2. The quantitative estimate of drug-likeness (QED) is 0.857. The molecule has 0 bridgehead atoms. The highest BCUT2D eigenvalue weighted by Gasteiger charge is 2.35. The fourth-order valence-corrected chi connectivity index (χ4v) is 1.33. The molecule has 1 rings (SSSR count). The summed E-state index contributed by atoms with van der Waals surface area (Å²) in [5, 5.41) is 17.6. The molecule has 1 atom stereocenters. The number of carbonyl (C=O) groups is 1. The van der Waals surface area contributed by atoms with Crippen molar-refractivity contribution in [2.45, 2.75) is 18.8 Å². The van der Waals surface area contributed by atoms with Gasteiger partial charge in [-0.25, -0.2) is 8.78 Å². The fourth-order valence-electron chi connectivity index (χ4n) is 1.33. The van der Waals surface area contributed by atoms with Gasteiger partial charge in [0.1, 0.15) is 17.0 Å². The van der Waals surface area contributed by atoms with Crippen LogP contribution in [0, 0.1) is 23.0 Å². The number of rotatable bonds is 3. The Kier molecular flexibility index (Phi) is 3.23. The molecule has 0 heterocycles. The minimum absolute atomic E-state index is 0.0564. The monoisotopic (exact) mass is 225 g/mol. The first-order chi connectivity index (χ1) is 7.40. The zero-order chi connectivity index (χ0) is 12.3. The van der Waals surface area contributed by atoms with Crippen LogP contribution in [0.4, 0.5) is 8.78 Å². The third-order valence-corrected chi connectivity index (χ3v) is 2.40. The SMILES string of the molecule is CC(CC#N)(C(=O)O)c1cc(F)cc(F)c1. The van der Waals surface area contributed by atoms with Gasteiger partial charge in [0.15, 0.2) is 0 Å². The Balaban J connectivity index is 3.32. The van der Waals surface area contributed by atoms with Crippen molar-refractivity contribution in [1.82, 2.24) is 0 Å². The van der Waals surface area contributed by atoms with Gasteiger partial charge in [0.05, 0.1) is 12.5 Å². The number of hydrogen-bond acceptors (Lipinski definition) is 2. The van der Waals surface area contributed by atoms with Crippen molar-refractivity contribution in [2.24, 2.45) is 0 Å². The van der Waals surface area contributed by atoms with Crippen LogP contribution >= 0.6 is 0 Å². The van der Waals surface area contributed by atoms with E-state index in [2.05, 4.69) is 0 Å². The van der Waals surface area contributed by atoms with Gasteiger partial charge in [0, 0.05) is 6.07 Å². The van der Waals surface area contributed by atoms with Crippen LogP contribution in [0.25, 0.3) is 0 Å². The number of carboxylic acid groups (broad SMARTS) is 1. The minimum atomic E-state index is -1.60. The highest BCUT2D eigenvalue weighted by molar-refractivity contribution is 5.81. The predicted octanol–water partition coefficient (Wildman–Crippen LogP) is 2.22. The second kappa shape index (κ2) is 4.27. The van der Waals surface area contributed by atoms with E-state index in [1.54, 1.807) is 6.07 Å². The van der Waals surface area contributed by atoms with Crippen LogP contribution in [0.1, 0.15) is 18.9 Å². The summed E-state index contributed by atoms with van der Waals surface area (Å²) in [5.74, 6) is -3.01. The normalized spacial score (nSPS) is 13.9. The first-order valence-electron chi connectivity index (χ1n) is 4.47. The summed E-state index contributed by atoms with van der Waals surface area (Å²) in [6.07, 6.45) is -0.356. The van der Waals surface area contributed by atoms with E-state index in [1.807, 2.05) is 0 Å². The van der Waals surface area contributed by atoms with Crippen LogP contribution in [0.5, 0.6) is 0 Å². The summed E-state index contributed by atoms with van der Waals surface area (Å²) in [4.78, 5) is 11.0. The van der Waals surface area contributed by atoms with Crippen LogP contribution in [0.15, 0.2) is 18.2 Å². The van der Waals surface area contributed by atoms with Crippen molar-refractivity contribution < 1.29 is 18.7 Å². The van der Waals surface area contributed by atoms with Crippen molar-refractivity contribution >= 4 is 5.97 Å². The summed E-state index contributed by atoms with van der Waals surface area (Å²) in [6.45, 7) is 1.26. The van der Waals surface area contributed by atoms with Crippen molar-refractivity contribution in [3.8, 4) is 6.07 Å². The molecule has 0 saturated carbocycles. The van der Waals surface area contributed by atoms with E-state index in [9.17, 15) is 13.6 Å². The Morgan fingerprint density at radius 2 is 1.94 bits per heavy atom. The number of nitrogens with zero attached hydrogens (tertiary/aromatic N) is 1. The van der Waals surface area contributed by atoms with Crippen molar-refractivity contribution in [1.29, 1.82) is 5.26 Å². The topological polar surface area (TPSA) is 61.1 Å². The molecule has 16 heavy (non-hydrogen) atoms. The molecule has 0 aliphatic carbocycles. The van der Waals surface area contributed by atoms with Crippen molar-refractivity contribution in [3.63, 3.8) is 0 Å². The Labute approximate surface area is 90.9 Å². The highest BCUT2D eigenvalue weighted by atomic mass is 19.1. The van der Waals surface area contributed by atoms with Crippen LogP contribution < -0.4 is 0 Å². The van der Waals surface area contributed by atoms with Gasteiger partial charge in [0.25, 0.3) is 0 Å². The van der Waals surface area contributed by atoms with Gasteiger partial charge >= 0.3 is 5.97 Å². The Bertz CT molecular complexity index is 447. The van der Waals surface area contributed by atoms with Gasteiger partial charge in [-0.2, -0.15) is 5.26 Å². The van der Waals surface area contributed by atoms with Gasteiger partial charge < -0.3 is 5.11 Å². The maximum Gasteiger partial charge on any atom is 0.314 e. The van der Waals surface area contributed by atoms with Crippen LogP contribution in [0.2, 0.25) is 0 Å². The molecule has 0 radical (unpaired) electrons. The molecule has 0 aliphatic rings. The molecule has 0 amide bonds. The van der Waals surface area contributed by atoms with Gasteiger partial charge in [0.2, 0.25) is 0 Å². The Morgan fingerprint density at radius 1 is 1.44 bits per heavy atom. The average Bonchev–Trinajstić information content (AvgIpc) is 2.16. The third kappa shape index (κ3) is 2.16. The number of benzene rings is 1. The van der Waals surface area contributed by atoms with Crippen LogP contribution in [0.3, 0.4) is 0 Å². The molecule has 1 unspecified atom stereocenters. The van der Waals surface area contributed by atoms with Crippen molar-refractivity contribution in [2.75, 3.05) is 0 Å². The predicted molar refractivity (Wildman–Crippen MR) is 51.6 cm³/mol. The summed E-state index contributed by atoms with van der Waals surface area (Å²) in [7, 11) is 0. The standard InChI is InChI=1S/C11H9F2NO2/c1-11(2-3-14,10(15)16)7-4-8(12)6-9(13)5-7/h4-6H,2H2,1H3,(H,15,16). The second-order valence-corrected chi connectivity index (χ2v) is 3.63. The third-order valence-electron chi connectivity index (χ3n) is 2.40. The summed E-state index contributed by atoms with van der Waals surface area (Å²) in [5.41, 5.74) is -1.66. The molecular weight excluding hydrogens is 216 g/mol. The molecule has 0 spiro atoms. The molecule has 3 nitrogen and oxygen atoms in total. The molecule has 84 valence electrons. The lowest BCUT2D eigenvalue weighted by molar-refractivity contribution is -0.143. The van der Waals surface area contributed by atoms with E-state index < -0.39 is 23.0 Å². The van der Waals surface area contributed by atoms with E-state index in [4.69, 9.17) is 10.4 Å². The lowest BCUT2D eigenvalue weighted by Gasteiger charge is -2.22. The zero-order valence-corrected chi connectivity index (χ0v) is 8.50. The first-order valence-corrected chi connectivity index (χ1v) is 4.47. The second-order valence-electron chi connectivity index (χ2n) is 3.63. The Hall–Kier alpha value is -1.96. The molecule has 1 N–H and O–H groups in total. The highest BCUT2D eigenvalue weighted by Crippen LogP contribution is 2.28. The van der Waals surface area contributed by atoms with E-state index in [0.717, 1.165) is 12.1 Å². The molecule has 0 aliphatic heterocycles. The van der Waals surface area contributed by atoms with Gasteiger partial charge in [-0.1, -0.05) is 0 Å². The number of nitriles is 1.